The van der Waals surface area contributed by atoms with E-state index in [0.717, 1.165) is 18.3 Å². The van der Waals surface area contributed by atoms with Gasteiger partial charge in [0, 0.05) is 5.56 Å². The fourth-order valence-electron chi connectivity index (χ4n) is 2.89. The van der Waals surface area contributed by atoms with Crippen LogP contribution in [0.4, 0.5) is 8.78 Å². The number of cyclic esters (lactones) is 1. The number of hydrogen-bond donors (Lipinski definition) is 0. The molecular weight excluding hydrogens is 630 g/mol. The van der Waals surface area contributed by atoms with Crippen LogP contribution in [0.5, 0.6) is 5.75 Å². The minimum atomic E-state index is -0.601. The Morgan fingerprint density at radius 1 is 0.968 bits per heavy atom. The Kier molecular flexibility index (Phi) is 6.65. The summed E-state index contributed by atoms with van der Waals surface area (Å²) < 4.78 is 39.5. The Morgan fingerprint density at radius 3 is 2.32 bits per heavy atom. The number of nitrogens with zero attached hydrogens (tertiary/aromatic N) is 1. The molecule has 0 amide bonds. The van der Waals surface area contributed by atoms with E-state index in [-0.39, 0.29) is 24.0 Å². The minimum absolute atomic E-state index is 0.0650. The number of esters is 1. The molecule has 0 saturated heterocycles. The number of carbonyl (C=O) groups excluding carboxylic acids is 1. The first-order valence-electron chi connectivity index (χ1n) is 9.04. The molecule has 0 bridgehead atoms. The Balaban J connectivity index is 1.56. The smallest absolute Gasteiger partial charge is 0.363 e. The molecule has 31 heavy (non-hydrogen) atoms. The number of halogens is 4. The number of rotatable bonds is 5. The summed E-state index contributed by atoms with van der Waals surface area (Å²) in [5.74, 6) is -0.614. The van der Waals surface area contributed by atoms with Gasteiger partial charge in [0.15, 0.2) is 5.70 Å². The quantitative estimate of drug-likeness (QED) is 0.192. The average Bonchev–Trinajstić information content (AvgIpc) is 3.08. The van der Waals surface area contributed by atoms with Crippen LogP contribution in [0.15, 0.2) is 71.4 Å². The van der Waals surface area contributed by atoms with Gasteiger partial charge in [0.1, 0.15) is 24.0 Å². The highest BCUT2D eigenvalue weighted by Crippen LogP contribution is 2.31. The van der Waals surface area contributed by atoms with Crippen molar-refractivity contribution in [2.24, 2.45) is 4.99 Å². The van der Waals surface area contributed by atoms with Crippen molar-refractivity contribution in [2.45, 2.75) is 6.61 Å². The third kappa shape index (κ3) is 5.29. The summed E-state index contributed by atoms with van der Waals surface area (Å²) in [6.45, 7) is 0.234. The lowest BCUT2D eigenvalue weighted by atomic mass is 10.2. The van der Waals surface area contributed by atoms with Crippen LogP contribution in [0.2, 0.25) is 0 Å². The maximum atomic E-state index is 13.4. The Labute approximate surface area is 204 Å². The van der Waals surface area contributed by atoms with Gasteiger partial charge in [-0.15, -0.1) is 0 Å². The first-order chi connectivity index (χ1) is 14.9. The van der Waals surface area contributed by atoms with E-state index >= 15 is 0 Å². The zero-order valence-corrected chi connectivity index (χ0v) is 20.1. The van der Waals surface area contributed by atoms with E-state index in [0.29, 0.717) is 11.3 Å². The first kappa shape index (κ1) is 21.9. The van der Waals surface area contributed by atoms with Crippen molar-refractivity contribution in [3.8, 4) is 5.75 Å². The van der Waals surface area contributed by atoms with E-state index in [1.807, 2.05) is 12.1 Å². The molecule has 1 heterocycles. The predicted molar refractivity (Wildman–Crippen MR) is 130 cm³/mol. The maximum absolute atomic E-state index is 13.4. The van der Waals surface area contributed by atoms with Crippen molar-refractivity contribution < 1.29 is 23.0 Å². The van der Waals surface area contributed by atoms with Crippen molar-refractivity contribution in [3.05, 3.63) is 102 Å². The van der Waals surface area contributed by atoms with E-state index in [4.69, 9.17) is 9.47 Å². The Morgan fingerprint density at radius 2 is 1.65 bits per heavy atom. The fourth-order valence-corrected chi connectivity index (χ4v) is 5.02. The molecule has 0 saturated carbocycles. The van der Waals surface area contributed by atoms with Crippen LogP contribution >= 0.6 is 45.2 Å². The zero-order valence-electron chi connectivity index (χ0n) is 15.7. The summed E-state index contributed by atoms with van der Waals surface area (Å²) >= 11 is 4.29. The van der Waals surface area contributed by atoms with Gasteiger partial charge in [-0.2, -0.15) is 0 Å². The molecule has 4 rings (SSSR count). The lowest BCUT2D eigenvalue weighted by Crippen LogP contribution is -2.05. The fraction of sp³-hybridized carbons (Fsp3) is 0.0435. The van der Waals surface area contributed by atoms with E-state index in [2.05, 4.69) is 50.2 Å². The summed E-state index contributed by atoms with van der Waals surface area (Å²) in [4.78, 5) is 16.4. The predicted octanol–water partition coefficient (Wildman–Crippen LogP) is 6.10. The summed E-state index contributed by atoms with van der Waals surface area (Å²) in [5, 5.41) is 0. The van der Waals surface area contributed by atoms with Gasteiger partial charge in [0.2, 0.25) is 5.90 Å². The molecule has 156 valence electrons. The SMILES string of the molecule is O=C1OC(c2cccc(F)c2)=NC1=Cc1cc(I)c(OCc2cccc(F)c2)c(I)c1. The molecule has 0 spiro atoms. The molecule has 3 aromatic rings. The van der Waals surface area contributed by atoms with E-state index < -0.39 is 11.8 Å². The molecule has 8 heteroatoms. The second-order valence-corrected chi connectivity index (χ2v) is 8.90. The highest BCUT2D eigenvalue weighted by atomic mass is 127. The van der Waals surface area contributed by atoms with Gasteiger partial charge in [-0.05, 0) is 105 Å². The molecule has 1 aliphatic rings. The van der Waals surface area contributed by atoms with Gasteiger partial charge < -0.3 is 9.47 Å². The zero-order chi connectivity index (χ0) is 22.0. The van der Waals surface area contributed by atoms with Crippen LogP contribution < -0.4 is 4.74 Å². The number of benzene rings is 3. The molecule has 1 aliphatic heterocycles. The van der Waals surface area contributed by atoms with Gasteiger partial charge in [0.25, 0.3) is 0 Å². The summed E-state index contributed by atoms with van der Waals surface area (Å²) in [6, 6.07) is 15.6. The van der Waals surface area contributed by atoms with Gasteiger partial charge in [-0.1, -0.05) is 18.2 Å². The molecule has 0 unspecified atom stereocenters. The number of hydrogen-bond acceptors (Lipinski definition) is 4. The largest absolute Gasteiger partial charge is 0.487 e. The Bertz CT molecular complexity index is 1220. The molecule has 0 fully saturated rings. The summed E-state index contributed by atoms with van der Waals surface area (Å²) in [5.41, 5.74) is 1.98. The highest BCUT2D eigenvalue weighted by Gasteiger charge is 2.24. The average molecular weight is 643 g/mol. The monoisotopic (exact) mass is 643 g/mol. The van der Waals surface area contributed by atoms with E-state index in [1.54, 1.807) is 24.3 Å². The van der Waals surface area contributed by atoms with E-state index in [1.165, 1.54) is 30.3 Å². The van der Waals surface area contributed by atoms with Crippen LogP contribution in [-0.4, -0.2) is 11.9 Å². The molecule has 3 aromatic carbocycles. The van der Waals surface area contributed by atoms with Crippen molar-refractivity contribution in [1.82, 2.24) is 0 Å². The summed E-state index contributed by atoms with van der Waals surface area (Å²) in [7, 11) is 0. The number of ether oxygens (including phenoxy) is 2. The van der Waals surface area contributed by atoms with Crippen LogP contribution in [0.1, 0.15) is 16.7 Å². The third-order valence-corrected chi connectivity index (χ3v) is 5.89. The highest BCUT2D eigenvalue weighted by molar-refractivity contribution is 14.1. The second-order valence-electron chi connectivity index (χ2n) is 6.58. The van der Waals surface area contributed by atoms with Gasteiger partial charge in [-0.25, -0.2) is 18.6 Å². The van der Waals surface area contributed by atoms with Crippen molar-refractivity contribution >= 4 is 63.1 Å². The van der Waals surface area contributed by atoms with Crippen LogP contribution in [0.25, 0.3) is 6.08 Å². The molecule has 0 N–H and O–H groups in total. The molecule has 0 aromatic heterocycles. The lowest BCUT2D eigenvalue weighted by molar-refractivity contribution is -0.129. The second kappa shape index (κ2) is 9.43. The van der Waals surface area contributed by atoms with Crippen molar-refractivity contribution in [2.75, 3.05) is 0 Å². The number of carbonyl (C=O) groups is 1. The molecule has 0 radical (unpaired) electrons. The molecule has 0 aliphatic carbocycles. The topological polar surface area (TPSA) is 47.9 Å². The third-order valence-electron chi connectivity index (χ3n) is 4.29. The van der Waals surface area contributed by atoms with Crippen LogP contribution in [-0.2, 0) is 16.1 Å². The maximum Gasteiger partial charge on any atom is 0.363 e. The standard InChI is InChI=1S/C23H13F2I2NO3/c24-16-5-1-3-13(7-16)12-30-21-18(26)8-14(9-19(21)27)10-20-23(29)31-22(28-20)15-4-2-6-17(25)11-15/h1-11H,12H2. The Hall–Kier alpha value is -2.34. The molecule has 4 nitrogen and oxygen atoms in total. The van der Waals surface area contributed by atoms with Crippen LogP contribution in [0.3, 0.4) is 0 Å². The first-order valence-corrected chi connectivity index (χ1v) is 11.2. The van der Waals surface area contributed by atoms with Crippen molar-refractivity contribution in [1.29, 1.82) is 0 Å². The molecule has 0 atom stereocenters. The van der Waals surface area contributed by atoms with E-state index in [9.17, 15) is 13.6 Å². The van der Waals surface area contributed by atoms with Gasteiger partial charge in [-0.3, -0.25) is 0 Å². The molecular formula is C23H13F2I2NO3. The van der Waals surface area contributed by atoms with Gasteiger partial charge in [0.05, 0.1) is 7.14 Å². The van der Waals surface area contributed by atoms with Crippen LogP contribution in [0, 0.1) is 18.8 Å². The minimum Gasteiger partial charge on any atom is -0.487 e. The number of aliphatic imine (C=N–C) groups is 1. The lowest BCUT2D eigenvalue weighted by Gasteiger charge is -2.11. The normalized spacial score (nSPS) is 14.5. The van der Waals surface area contributed by atoms with Gasteiger partial charge >= 0.3 is 5.97 Å². The van der Waals surface area contributed by atoms with Crippen molar-refractivity contribution in [3.63, 3.8) is 0 Å². The summed E-state index contributed by atoms with van der Waals surface area (Å²) in [6.07, 6.45) is 1.61.